The van der Waals surface area contributed by atoms with E-state index >= 15 is 0 Å². The number of amidine groups is 1. The number of morpholine rings is 1. The molecule has 0 saturated carbocycles. The lowest BCUT2D eigenvalue weighted by Crippen LogP contribution is -2.46. The van der Waals surface area contributed by atoms with Crippen molar-refractivity contribution in [3.05, 3.63) is 0 Å². The zero-order chi connectivity index (χ0) is 12.8. The average molecular weight is 271 g/mol. The Kier molecular flexibility index (Phi) is 5.79. The van der Waals surface area contributed by atoms with Crippen LogP contribution >= 0.6 is 11.8 Å². The summed E-state index contributed by atoms with van der Waals surface area (Å²) >= 11 is 1.87. The fourth-order valence-electron chi connectivity index (χ4n) is 2.36. The molecule has 2 heterocycles. The average Bonchev–Trinajstić information content (AvgIpc) is 2.40. The van der Waals surface area contributed by atoms with E-state index in [0.717, 1.165) is 44.4 Å². The summed E-state index contributed by atoms with van der Waals surface area (Å²) < 4.78 is 5.37. The van der Waals surface area contributed by atoms with E-state index in [1.165, 1.54) is 12.2 Å². The van der Waals surface area contributed by atoms with E-state index in [9.17, 15) is 0 Å². The van der Waals surface area contributed by atoms with Crippen molar-refractivity contribution in [3.63, 3.8) is 0 Å². The molecule has 0 aromatic carbocycles. The molecule has 0 amide bonds. The van der Waals surface area contributed by atoms with E-state index in [0.29, 0.717) is 12.1 Å². The van der Waals surface area contributed by atoms with Gasteiger partial charge in [-0.05, 0) is 19.8 Å². The van der Waals surface area contributed by atoms with Crippen LogP contribution in [0.5, 0.6) is 0 Å². The first-order chi connectivity index (χ1) is 8.78. The zero-order valence-corrected chi connectivity index (χ0v) is 12.3. The lowest BCUT2D eigenvalue weighted by atomic mass is 10.2. The summed E-state index contributed by atoms with van der Waals surface area (Å²) in [6.07, 6.45) is 2.38. The maximum Gasteiger partial charge on any atom is 0.157 e. The molecule has 0 aromatic heterocycles. The van der Waals surface area contributed by atoms with Crippen LogP contribution in [0.15, 0.2) is 4.99 Å². The normalized spacial score (nSPS) is 27.7. The summed E-state index contributed by atoms with van der Waals surface area (Å²) in [6, 6.07) is 0.995. The molecule has 2 rings (SSSR count). The third-order valence-corrected chi connectivity index (χ3v) is 4.40. The fraction of sp³-hybridized carbons (Fsp3) is 0.923. The molecule has 2 aliphatic heterocycles. The summed E-state index contributed by atoms with van der Waals surface area (Å²) in [5, 5.41) is 4.71. The summed E-state index contributed by atoms with van der Waals surface area (Å²) in [5.41, 5.74) is 0. The zero-order valence-electron chi connectivity index (χ0n) is 11.5. The van der Waals surface area contributed by atoms with Gasteiger partial charge in [-0.15, -0.1) is 0 Å². The lowest BCUT2D eigenvalue weighted by Gasteiger charge is -2.30. The second kappa shape index (κ2) is 7.36. The minimum atomic E-state index is 0.463. The van der Waals surface area contributed by atoms with Gasteiger partial charge in [0.25, 0.3) is 0 Å². The Bertz CT molecular complexity index is 279. The molecule has 1 N–H and O–H groups in total. The summed E-state index contributed by atoms with van der Waals surface area (Å²) in [5.74, 6) is 1.20. The smallest absolute Gasteiger partial charge is 0.157 e. The Morgan fingerprint density at radius 2 is 2.28 bits per heavy atom. The van der Waals surface area contributed by atoms with Gasteiger partial charge in [0.1, 0.15) is 0 Å². The number of aliphatic imine (C=N–C) groups is 1. The van der Waals surface area contributed by atoms with Crippen LogP contribution in [0.2, 0.25) is 0 Å². The van der Waals surface area contributed by atoms with Crippen molar-refractivity contribution in [1.82, 2.24) is 10.2 Å². The van der Waals surface area contributed by atoms with Gasteiger partial charge in [0.05, 0.1) is 19.3 Å². The molecule has 104 valence electrons. The molecule has 0 aromatic rings. The highest BCUT2D eigenvalue weighted by Crippen LogP contribution is 2.18. The van der Waals surface area contributed by atoms with Crippen molar-refractivity contribution in [2.75, 3.05) is 38.6 Å². The molecule has 0 radical (unpaired) electrons. The summed E-state index contributed by atoms with van der Waals surface area (Å²) in [6.45, 7) is 9.42. The standard InChI is InChI=1S/C13H25N3OS/c1-3-12-4-9-18-13(15-12)14-11(2)10-16-5-7-17-8-6-16/h11-12H,3-10H2,1-2H3,(H,14,15). The maximum atomic E-state index is 5.37. The van der Waals surface area contributed by atoms with Crippen molar-refractivity contribution in [3.8, 4) is 0 Å². The van der Waals surface area contributed by atoms with E-state index in [-0.39, 0.29) is 0 Å². The van der Waals surface area contributed by atoms with E-state index < -0.39 is 0 Å². The third-order valence-electron chi connectivity index (χ3n) is 3.47. The number of thioether (sulfide) groups is 1. The molecule has 0 aliphatic carbocycles. The molecular weight excluding hydrogens is 246 g/mol. The monoisotopic (exact) mass is 271 g/mol. The second-order valence-electron chi connectivity index (χ2n) is 5.09. The minimum absolute atomic E-state index is 0.463. The topological polar surface area (TPSA) is 36.9 Å². The van der Waals surface area contributed by atoms with Crippen LogP contribution in [-0.4, -0.2) is 60.8 Å². The first-order valence-electron chi connectivity index (χ1n) is 7.05. The number of hydrogen-bond donors (Lipinski definition) is 1. The molecule has 4 nitrogen and oxygen atoms in total. The van der Waals surface area contributed by atoms with Gasteiger partial charge in [-0.25, -0.2) is 0 Å². The number of hydrogen-bond acceptors (Lipinski definition) is 5. The Hall–Kier alpha value is -0.260. The fourth-order valence-corrected chi connectivity index (χ4v) is 3.45. The molecular formula is C13H25N3OS. The molecule has 2 aliphatic rings. The van der Waals surface area contributed by atoms with Crippen LogP contribution in [0.25, 0.3) is 0 Å². The largest absolute Gasteiger partial charge is 0.379 e. The van der Waals surface area contributed by atoms with Crippen LogP contribution in [0.3, 0.4) is 0 Å². The van der Waals surface area contributed by atoms with Crippen LogP contribution in [0.1, 0.15) is 26.7 Å². The van der Waals surface area contributed by atoms with Crippen molar-refractivity contribution in [2.45, 2.75) is 38.8 Å². The van der Waals surface area contributed by atoms with Crippen molar-refractivity contribution in [2.24, 2.45) is 4.99 Å². The van der Waals surface area contributed by atoms with Gasteiger partial charge >= 0.3 is 0 Å². The Morgan fingerprint density at radius 1 is 1.50 bits per heavy atom. The number of ether oxygens (including phenoxy) is 1. The van der Waals surface area contributed by atoms with Gasteiger partial charge in [-0.1, -0.05) is 18.7 Å². The number of nitrogens with one attached hydrogen (secondary N) is 1. The lowest BCUT2D eigenvalue weighted by molar-refractivity contribution is 0.0353. The van der Waals surface area contributed by atoms with E-state index in [4.69, 9.17) is 9.73 Å². The predicted molar refractivity (Wildman–Crippen MR) is 78.4 cm³/mol. The Balaban J connectivity index is 1.75. The number of rotatable bonds is 4. The van der Waals surface area contributed by atoms with Crippen molar-refractivity contribution >= 4 is 16.9 Å². The summed E-state index contributed by atoms with van der Waals surface area (Å²) in [7, 11) is 0. The van der Waals surface area contributed by atoms with Gasteiger partial charge in [0, 0.05) is 31.4 Å². The second-order valence-corrected chi connectivity index (χ2v) is 6.18. The van der Waals surface area contributed by atoms with Crippen molar-refractivity contribution in [1.29, 1.82) is 0 Å². The Labute approximate surface area is 115 Å². The van der Waals surface area contributed by atoms with Gasteiger partial charge < -0.3 is 10.1 Å². The van der Waals surface area contributed by atoms with Crippen LogP contribution < -0.4 is 5.32 Å². The third kappa shape index (κ3) is 4.44. The first kappa shape index (κ1) is 14.2. The van der Waals surface area contributed by atoms with Crippen LogP contribution in [-0.2, 0) is 4.74 Å². The minimum Gasteiger partial charge on any atom is -0.379 e. The predicted octanol–water partition coefficient (Wildman–Crippen LogP) is 1.57. The van der Waals surface area contributed by atoms with Gasteiger partial charge in [-0.2, -0.15) is 0 Å². The van der Waals surface area contributed by atoms with E-state index in [1.807, 2.05) is 11.8 Å². The molecule has 18 heavy (non-hydrogen) atoms. The Morgan fingerprint density at radius 3 is 3.00 bits per heavy atom. The highest BCUT2D eigenvalue weighted by atomic mass is 32.2. The van der Waals surface area contributed by atoms with Crippen LogP contribution in [0, 0.1) is 0 Å². The molecule has 2 atom stereocenters. The van der Waals surface area contributed by atoms with E-state index in [1.54, 1.807) is 0 Å². The number of nitrogens with zero attached hydrogens (tertiary/aromatic N) is 2. The van der Waals surface area contributed by atoms with Gasteiger partial charge in [0.15, 0.2) is 5.17 Å². The van der Waals surface area contributed by atoms with Gasteiger partial charge in [0.2, 0.25) is 0 Å². The quantitative estimate of drug-likeness (QED) is 0.842. The SMILES string of the molecule is CCC1CCSC(NC(C)CN2CCOCC2)=N1. The molecule has 5 heteroatoms. The summed E-state index contributed by atoms with van der Waals surface area (Å²) in [4.78, 5) is 7.22. The highest BCUT2D eigenvalue weighted by molar-refractivity contribution is 8.13. The molecule has 1 fully saturated rings. The highest BCUT2D eigenvalue weighted by Gasteiger charge is 2.17. The molecule has 2 unspecified atom stereocenters. The van der Waals surface area contributed by atoms with Gasteiger partial charge in [-0.3, -0.25) is 9.89 Å². The van der Waals surface area contributed by atoms with Crippen molar-refractivity contribution < 1.29 is 4.74 Å². The van der Waals surface area contributed by atoms with E-state index in [2.05, 4.69) is 24.1 Å². The molecule has 0 bridgehead atoms. The van der Waals surface area contributed by atoms with Crippen LogP contribution in [0.4, 0.5) is 0 Å². The maximum absolute atomic E-state index is 5.37. The molecule has 1 saturated heterocycles. The molecule has 0 spiro atoms. The first-order valence-corrected chi connectivity index (χ1v) is 8.03.